The molecule has 0 saturated carbocycles. The predicted octanol–water partition coefficient (Wildman–Crippen LogP) is 1.50. The maximum atomic E-state index is 10.4. The second-order valence-electron chi connectivity index (χ2n) is 3.44. The van der Waals surface area contributed by atoms with Gasteiger partial charge in [-0.1, -0.05) is 19.0 Å². The van der Waals surface area contributed by atoms with E-state index in [0.717, 1.165) is 12.0 Å². The second-order valence-corrected chi connectivity index (χ2v) is 3.44. The molecular formula is C9H13NO3. The molecule has 1 heterocycles. The molecule has 0 bridgehead atoms. The number of carboxylic acid groups (broad SMARTS) is 1. The highest BCUT2D eigenvalue weighted by atomic mass is 16.5. The topological polar surface area (TPSA) is 63.3 Å². The molecule has 0 radical (unpaired) electrons. The quantitative estimate of drug-likeness (QED) is 0.768. The second kappa shape index (κ2) is 4.07. The Morgan fingerprint density at radius 2 is 2.38 bits per heavy atom. The Kier molecular flexibility index (Phi) is 3.06. The van der Waals surface area contributed by atoms with Crippen LogP contribution in [-0.2, 0) is 17.6 Å². The van der Waals surface area contributed by atoms with Crippen LogP contribution >= 0.6 is 0 Å². The molecule has 72 valence electrons. The molecule has 1 aromatic rings. The Labute approximate surface area is 76.5 Å². The fraction of sp³-hybridized carbons (Fsp3) is 0.556. The van der Waals surface area contributed by atoms with E-state index >= 15 is 0 Å². The summed E-state index contributed by atoms with van der Waals surface area (Å²) in [6, 6.07) is 0. The Balaban J connectivity index is 2.71. The molecule has 0 aromatic carbocycles. The Hall–Kier alpha value is -1.32. The minimum atomic E-state index is -0.887. The van der Waals surface area contributed by atoms with Crippen molar-refractivity contribution >= 4 is 5.97 Å². The third-order valence-corrected chi connectivity index (χ3v) is 1.67. The van der Waals surface area contributed by atoms with Gasteiger partial charge in [-0.3, -0.25) is 4.79 Å². The number of carbonyl (C=O) groups is 1. The van der Waals surface area contributed by atoms with E-state index in [1.54, 1.807) is 6.20 Å². The maximum absolute atomic E-state index is 10.4. The molecule has 4 heteroatoms. The van der Waals surface area contributed by atoms with Crippen molar-refractivity contribution in [3.8, 4) is 0 Å². The van der Waals surface area contributed by atoms with Gasteiger partial charge in [-0.2, -0.15) is 0 Å². The number of nitrogens with zero attached hydrogens (tertiary/aromatic N) is 1. The normalized spacial score (nSPS) is 10.7. The van der Waals surface area contributed by atoms with Crippen LogP contribution in [0.4, 0.5) is 0 Å². The van der Waals surface area contributed by atoms with E-state index in [2.05, 4.69) is 19.0 Å². The summed E-state index contributed by atoms with van der Waals surface area (Å²) in [5, 5.41) is 12.1. The van der Waals surface area contributed by atoms with E-state index in [4.69, 9.17) is 9.63 Å². The molecule has 0 unspecified atom stereocenters. The van der Waals surface area contributed by atoms with Crippen molar-refractivity contribution in [1.29, 1.82) is 0 Å². The van der Waals surface area contributed by atoms with Crippen LogP contribution in [0.1, 0.15) is 25.2 Å². The van der Waals surface area contributed by atoms with Gasteiger partial charge >= 0.3 is 5.97 Å². The lowest BCUT2D eigenvalue weighted by Crippen LogP contribution is -2.03. The lowest BCUT2D eigenvalue weighted by molar-refractivity contribution is -0.136. The number of rotatable bonds is 4. The van der Waals surface area contributed by atoms with E-state index in [1.165, 1.54) is 0 Å². The van der Waals surface area contributed by atoms with Crippen LogP contribution in [0.15, 0.2) is 10.7 Å². The molecule has 1 aromatic heterocycles. The molecule has 1 rings (SSSR count). The van der Waals surface area contributed by atoms with Gasteiger partial charge in [0.1, 0.15) is 6.42 Å². The summed E-state index contributed by atoms with van der Waals surface area (Å²) < 4.78 is 4.85. The predicted molar refractivity (Wildman–Crippen MR) is 46.4 cm³/mol. The third kappa shape index (κ3) is 2.89. The fourth-order valence-electron chi connectivity index (χ4n) is 1.17. The molecular weight excluding hydrogens is 170 g/mol. The van der Waals surface area contributed by atoms with Gasteiger partial charge in [0.15, 0.2) is 5.76 Å². The zero-order valence-electron chi connectivity index (χ0n) is 7.78. The van der Waals surface area contributed by atoms with E-state index in [-0.39, 0.29) is 6.42 Å². The first kappa shape index (κ1) is 9.77. The summed E-state index contributed by atoms with van der Waals surface area (Å²) in [5.74, 6) is 0.0647. The summed E-state index contributed by atoms with van der Waals surface area (Å²) in [6.45, 7) is 4.13. The van der Waals surface area contributed by atoms with E-state index in [0.29, 0.717) is 11.7 Å². The first-order valence-corrected chi connectivity index (χ1v) is 4.23. The van der Waals surface area contributed by atoms with Gasteiger partial charge < -0.3 is 9.63 Å². The Bertz CT molecular complexity index is 291. The van der Waals surface area contributed by atoms with Crippen molar-refractivity contribution in [2.24, 2.45) is 5.92 Å². The van der Waals surface area contributed by atoms with Gasteiger partial charge in [0, 0.05) is 5.56 Å². The highest BCUT2D eigenvalue weighted by Crippen LogP contribution is 2.13. The summed E-state index contributed by atoms with van der Waals surface area (Å²) in [6.07, 6.45) is 2.33. The molecule has 0 aliphatic rings. The van der Waals surface area contributed by atoms with Gasteiger partial charge in [0.25, 0.3) is 0 Å². The lowest BCUT2D eigenvalue weighted by Gasteiger charge is -2.01. The van der Waals surface area contributed by atoms with Crippen LogP contribution in [0.5, 0.6) is 0 Å². The van der Waals surface area contributed by atoms with Crippen molar-refractivity contribution in [1.82, 2.24) is 5.16 Å². The molecule has 0 atom stereocenters. The maximum Gasteiger partial charge on any atom is 0.311 e. The van der Waals surface area contributed by atoms with Gasteiger partial charge in [-0.25, -0.2) is 0 Å². The molecule has 0 saturated heterocycles. The van der Waals surface area contributed by atoms with Crippen LogP contribution in [0.25, 0.3) is 0 Å². The third-order valence-electron chi connectivity index (χ3n) is 1.67. The van der Waals surface area contributed by atoms with Crippen molar-refractivity contribution in [2.45, 2.75) is 26.7 Å². The van der Waals surface area contributed by atoms with Crippen LogP contribution in [0.2, 0.25) is 0 Å². The number of hydrogen-bond acceptors (Lipinski definition) is 3. The molecule has 0 aliphatic heterocycles. The summed E-state index contributed by atoms with van der Waals surface area (Å²) in [7, 11) is 0. The SMILES string of the molecule is CC(C)Cc1cnoc1CC(=O)O. The molecule has 0 aliphatic carbocycles. The smallest absolute Gasteiger partial charge is 0.311 e. The van der Waals surface area contributed by atoms with E-state index in [1.807, 2.05) is 0 Å². The van der Waals surface area contributed by atoms with Crippen molar-refractivity contribution < 1.29 is 14.4 Å². The molecule has 0 spiro atoms. The largest absolute Gasteiger partial charge is 0.481 e. The van der Waals surface area contributed by atoms with Crippen LogP contribution in [0, 0.1) is 5.92 Å². The van der Waals surface area contributed by atoms with Gasteiger partial charge in [-0.05, 0) is 12.3 Å². The summed E-state index contributed by atoms with van der Waals surface area (Å²) >= 11 is 0. The number of aliphatic carboxylic acids is 1. The standard InChI is InChI=1S/C9H13NO3/c1-6(2)3-7-5-10-13-8(7)4-9(11)12/h5-6H,3-4H2,1-2H3,(H,11,12). The minimum Gasteiger partial charge on any atom is -0.481 e. The molecule has 13 heavy (non-hydrogen) atoms. The zero-order chi connectivity index (χ0) is 9.84. The number of hydrogen-bond donors (Lipinski definition) is 1. The molecule has 4 nitrogen and oxygen atoms in total. The fourth-order valence-corrected chi connectivity index (χ4v) is 1.17. The molecule has 0 amide bonds. The Morgan fingerprint density at radius 3 is 2.92 bits per heavy atom. The molecule has 0 fully saturated rings. The van der Waals surface area contributed by atoms with Crippen molar-refractivity contribution in [3.05, 3.63) is 17.5 Å². The zero-order valence-corrected chi connectivity index (χ0v) is 7.78. The monoisotopic (exact) mass is 183 g/mol. The van der Waals surface area contributed by atoms with Gasteiger partial charge in [-0.15, -0.1) is 0 Å². The first-order valence-electron chi connectivity index (χ1n) is 4.23. The number of aromatic nitrogens is 1. The van der Waals surface area contributed by atoms with Gasteiger partial charge in [0.05, 0.1) is 6.20 Å². The van der Waals surface area contributed by atoms with E-state index in [9.17, 15) is 4.79 Å². The number of carboxylic acids is 1. The van der Waals surface area contributed by atoms with Crippen LogP contribution < -0.4 is 0 Å². The average molecular weight is 183 g/mol. The molecule has 1 N–H and O–H groups in total. The average Bonchev–Trinajstić information content (AvgIpc) is 2.34. The highest BCUT2D eigenvalue weighted by molar-refractivity contribution is 5.69. The minimum absolute atomic E-state index is 0.0813. The first-order chi connectivity index (χ1) is 6.09. The summed E-state index contributed by atoms with van der Waals surface area (Å²) in [4.78, 5) is 10.4. The van der Waals surface area contributed by atoms with Gasteiger partial charge in [0.2, 0.25) is 0 Å². The van der Waals surface area contributed by atoms with E-state index < -0.39 is 5.97 Å². The van der Waals surface area contributed by atoms with Crippen LogP contribution in [-0.4, -0.2) is 16.2 Å². The highest BCUT2D eigenvalue weighted by Gasteiger charge is 2.12. The summed E-state index contributed by atoms with van der Waals surface area (Å²) in [5.41, 5.74) is 0.900. The van der Waals surface area contributed by atoms with Crippen molar-refractivity contribution in [3.63, 3.8) is 0 Å². The van der Waals surface area contributed by atoms with Crippen molar-refractivity contribution in [2.75, 3.05) is 0 Å². The Morgan fingerprint density at radius 1 is 1.69 bits per heavy atom. The van der Waals surface area contributed by atoms with Crippen LogP contribution in [0.3, 0.4) is 0 Å². The lowest BCUT2D eigenvalue weighted by atomic mass is 10.0.